The molecular weight excluding hydrogens is 326 g/mol. The van der Waals surface area contributed by atoms with Crippen LogP contribution in [0.25, 0.3) is 0 Å². The molecule has 0 radical (unpaired) electrons. The third-order valence-corrected chi connectivity index (χ3v) is 4.74. The highest BCUT2D eigenvalue weighted by Crippen LogP contribution is 2.33. The summed E-state index contributed by atoms with van der Waals surface area (Å²) in [5.74, 6) is 0.637. The molecule has 1 aromatic carbocycles. The lowest BCUT2D eigenvalue weighted by molar-refractivity contribution is -0.0244. The molecule has 1 fully saturated rings. The van der Waals surface area contributed by atoms with Crippen LogP contribution in [0.4, 0.5) is 0 Å². The second-order valence-corrected chi connectivity index (χ2v) is 7.70. The van der Waals surface area contributed by atoms with Crippen molar-refractivity contribution in [3.05, 3.63) is 34.3 Å². The first-order chi connectivity index (χ1) is 9.98. The summed E-state index contributed by atoms with van der Waals surface area (Å²) >= 11 is 3.57. The van der Waals surface area contributed by atoms with Gasteiger partial charge in [-0.2, -0.15) is 0 Å². The molecule has 1 aliphatic rings. The lowest BCUT2D eigenvalue weighted by Crippen LogP contribution is -2.28. The fraction of sp³-hybridized carbons (Fsp3) is 0.667. The Morgan fingerprint density at radius 2 is 2.24 bits per heavy atom. The molecule has 2 rings (SSSR count). The minimum absolute atomic E-state index is 0.0726. The van der Waals surface area contributed by atoms with Gasteiger partial charge in [-0.05, 0) is 76.2 Å². The number of rotatable bonds is 7. The minimum Gasteiger partial charge on any atom is -0.372 e. The SMILES string of the molecule is CCNCC(Cc1cccc(Br)c1)CC1CCC(C)(C)O1. The largest absolute Gasteiger partial charge is 0.372 e. The summed E-state index contributed by atoms with van der Waals surface area (Å²) in [6, 6.07) is 8.67. The van der Waals surface area contributed by atoms with Crippen molar-refractivity contribution < 1.29 is 4.74 Å². The Morgan fingerprint density at radius 1 is 1.43 bits per heavy atom. The Morgan fingerprint density at radius 3 is 2.86 bits per heavy atom. The predicted octanol–water partition coefficient (Wildman–Crippen LogP) is 4.57. The highest BCUT2D eigenvalue weighted by molar-refractivity contribution is 9.10. The van der Waals surface area contributed by atoms with Gasteiger partial charge in [0, 0.05) is 4.47 Å². The maximum Gasteiger partial charge on any atom is 0.0631 e. The van der Waals surface area contributed by atoms with Crippen LogP contribution in [0.5, 0.6) is 0 Å². The van der Waals surface area contributed by atoms with Crippen molar-refractivity contribution in [3.8, 4) is 0 Å². The van der Waals surface area contributed by atoms with Crippen molar-refractivity contribution in [2.75, 3.05) is 13.1 Å². The van der Waals surface area contributed by atoms with Crippen LogP contribution in [0.3, 0.4) is 0 Å². The van der Waals surface area contributed by atoms with Gasteiger partial charge >= 0.3 is 0 Å². The van der Waals surface area contributed by atoms with Crippen LogP contribution in [-0.4, -0.2) is 24.8 Å². The number of nitrogens with one attached hydrogen (secondary N) is 1. The summed E-state index contributed by atoms with van der Waals surface area (Å²) in [5, 5.41) is 3.51. The van der Waals surface area contributed by atoms with E-state index >= 15 is 0 Å². The molecule has 1 saturated heterocycles. The molecule has 2 atom stereocenters. The zero-order chi connectivity index (χ0) is 15.3. The van der Waals surface area contributed by atoms with Crippen LogP contribution >= 0.6 is 15.9 Å². The fourth-order valence-electron chi connectivity index (χ4n) is 3.20. The van der Waals surface area contributed by atoms with E-state index in [1.165, 1.54) is 22.9 Å². The summed E-state index contributed by atoms with van der Waals surface area (Å²) in [6.07, 6.45) is 5.09. The summed E-state index contributed by atoms with van der Waals surface area (Å²) < 4.78 is 7.35. The molecule has 21 heavy (non-hydrogen) atoms. The number of ether oxygens (including phenoxy) is 1. The Hall–Kier alpha value is -0.380. The van der Waals surface area contributed by atoms with Crippen molar-refractivity contribution in [2.24, 2.45) is 5.92 Å². The highest BCUT2D eigenvalue weighted by Gasteiger charge is 2.32. The zero-order valence-electron chi connectivity index (χ0n) is 13.5. The highest BCUT2D eigenvalue weighted by atomic mass is 79.9. The molecule has 0 aliphatic carbocycles. The van der Waals surface area contributed by atoms with Crippen LogP contribution in [0, 0.1) is 5.92 Å². The molecule has 0 aromatic heterocycles. The molecule has 0 spiro atoms. The lowest BCUT2D eigenvalue weighted by atomic mass is 9.92. The van der Waals surface area contributed by atoms with Gasteiger partial charge in [-0.1, -0.05) is 35.0 Å². The van der Waals surface area contributed by atoms with E-state index in [0.29, 0.717) is 12.0 Å². The third kappa shape index (κ3) is 5.72. The van der Waals surface area contributed by atoms with Gasteiger partial charge in [0.2, 0.25) is 0 Å². The standard InChI is InChI=1S/C18H28BrNO/c1-4-20-13-15(10-14-6-5-7-16(19)11-14)12-17-8-9-18(2,3)21-17/h5-7,11,15,17,20H,4,8-10,12-13H2,1-3H3. The maximum absolute atomic E-state index is 6.18. The maximum atomic E-state index is 6.18. The third-order valence-electron chi connectivity index (χ3n) is 4.25. The van der Waals surface area contributed by atoms with E-state index in [1.54, 1.807) is 0 Å². The monoisotopic (exact) mass is 353 g/mol. The molecule has 1 aromatic rings. The van der Waals surface area contributed by atoms with Crippen LogP contribution in [0.1, 0.15) is 45.6 Å². The van der Waals surface area contributed by atoms with Crippen molar-refractivity contribution >= 4 is 15.9 Å². The smallest absolute Gasteiger partial charge is 0.0631 e. The average molecular weight is 354 g/mol. The number of hydrogen-bond acceptors (Lipinski definition) is 2. The number of halogens is 1. The predicted molar refractivity (Wildman–Crippen MR) is 92.7 cm³/mol. The molecular formula is C18H28BrNO. The van der Waals surface area contributed by atoms with E-state index < -0.39 is 0 Å². The minimum atomic E-state index is 0.0726. The lowest BCUT2D eigenvalue weighted by Gasteiger charge is -2.24. The van der Waals surface area contributed by atoms with Crippen LogP contribution in [0.2, 0.25) is 0 Å². The Bertz CT molecular complexity index is 447. The molecule has 2 nitrogen and oxygen atoms in total. The van der Waals surface area contributed by atoms with Crippen molar-refractivity contribution in [2.45, 2.75) is 58.2 Å². The van der Waals surface area contributed by atoms with E-state index in [2.05, 4.69) is 66.3 Å². The topological polar surface area (TPSA) is 21.3 Å². The second-order valence-electron chi connectivity index (χ2n) is 6.78. The summed E-state index contributed by atoms with van der Waals surface area (Å²) in [5.41, 5.74) is 1.48. The van der Waals surface area contributed by atoms with Gasteiger partial charge in [-0.15, -0.1) is 0 Å². The fourth-order valence-corrected chi connectivity index (χ4v) is 3.65. The molecule has 1 aliphatic heterocycles. The van der Waals surface area contributed by atoms with E-state index in [4.69, 9.17) is 4.74 Å². The molecule has 1 heterocycles. The first-order valence-electron chi connectivity index (χ1n) is 8.11. The van der Waals surface area contributed by atoms with Gasteiger partial charge in [-0.25, -0.2) is 0 Å². The zero-order valence-corrected chi connectivity index (χ0v) is 15.1. The quantitative estimate of drug-likeness (QED) is 0.775. The van der Waals surface area contributed by atoms with Gasteiger partial charge in [0.1, 0.15) is 0 Å². The molecule has 0 amide bonds. The Labute approximate surface area is 137 Å². The number of hydrogen-bond donors (Lipinski definition) is 1. The molecule has 0 bridgehead atoms. The Kier molecular flexibility index (Phi) is 6.27. The van der Waals surface area contributed by atoms with Gasteiger partial charge in [0.25, 0.3) is 0 Å². The van der Waals surface area contributed by atoms with Gasteiger partial charge in [0.05, 0.1) is 11.7 Å². The van der Waals surface area contributed by atoms with E-state index in [0.717, 1.165) is 25.9 Å². The average Bonchev–Trinajstić information content (AvgIpc) is 2.75. The summed E-state index contributed by atoms with van der Waals surface area (Å²) in [4.78, 5) is 0. The Balaban J connectivity index is 1.94. The van der Waals surface area contributed by atoms with E-state index in [9.17, 15) is 0 Å². The van der Waals surface area contributed by atoms with Crippen molar-refractivity contribution in [1.29, 1.82) is 0 Å². The first-order valence-corrected chi connectivity index (χ1v) is 8.91. The molecule has 0 saturated carbocycles. The van der Waals surface area contributed by atoms with Gasteiger partial charge in [0.15, 0.2) is 0 Å². The van der Waals surface area contributed by atoms with Gasteiger partial charge in [-0.3, -0.25) is 0 Å². The van der Waals surface area contributed by atoms with E-state index in [-0.39, 0.29) is 5.60 Å². The van der Waals surface area contributed by atoms with Crippen LogP contribution in [0.15, 0.2) is 28.7 Å². The normalized spacial score (nSPS) is 22.4. The van der Waals surface area contributed by atoms with Crippen molar-refractivity contribution in [3.63, 3.8) is 0 Å². The molecule has 2 unspecified atom stereocenters. The van der Waals surface area contributed by atoms with Crippen LogP contribution < -0.4 is 5.32 Å². The first kappa shape index (κ1) is 17.0. The summed E-state index contributed by atoms with van der Waals surface area (Å²) in [7, 11) is 0. The second kappa shape index (κ2) is 7.75. The molecule has 118 valence electrons. The van der Waals surface area contributed by atoms with E-state index in [1.807, 2.05) is 0 Å². The summed E-state index contributed by atoms with van der Waals surface area (Å²) in [6.45, 7) is 8.70. The van der Waals surface area contributed by atoms with Crippen molar-refractivity contribution in [1.82, 2.24) is 5.32 Å². The van der Waals surface area contributed by atoms with Crippen LogP contribution in [-0.2, 0) is 11.2 Å². The number of benzene rings is 1. The molecule has 1 N–H and O–H groups in total. The molecule has 3 heteroatoms. The van der Waals surface area contributed by atoms with Gasteiger partial charge < -0.3 is 10.1 Å².